The summed E-state index contributed by atoms with van der Waals surface area (Å²) in [6.45, 7) is 0.600. The number of ether oxygens (including phenoxy) is 1. The molecule has 0 saturated heterocycles. The smallest absolute Gasteiger partial charge is 0.294 e. The molecule has 0 aromatic carbocycles. The van der Waals surface area contributed by atoms with Crippen molar-refractivity contribution in [2.24, 2.45) is 0 Å². The summed E-state index contributed by atoms with van der Waals surface area (Å²) >= 11 is 5.49. The van der Waals surface area contributed by atoms with Gasteiger partial charge in [0.1, 0.15) is 11.0 Å². The zero-order valence-electron chi connectivity index (χ0n) is 8.21. The lowest BCUT2D eigenvalue weighted by molar-refractivity contribution is -0.325. The highest BCUT2D eigenvalue weighted by Gasteiger charge is 2.28. The lowest BCUT2D eigenvalue weighted by atomic mass is 10.5. The van der Waals surface area contributed by atoms with Crippen molar-refractivity contribution < 1.29 is 17.9 Å². The zero-order valence-corrected chi connectivity index (χ0v) is 8.97. The molecule has 1 rings (SSSR count). The molecular weight excluding hydrogens is 249 g/mol. The predicted molar refractivity (Wildman–Crippen MR) is 50.3 cm³/mol. The largest absolute Gasteiger partial charge is 0.522 e. The molecule has 8 heteroatoms. The zero-order chi connectivity index (χ0) is 12.3. The highest BCUT2D eigenvalue weighted by Crippen LogP contribution is 2.15. The maximum absolute atomic E-state index is 11.7. The van der Waals surface area contributed by atoms with Crippen LogP contribution < -0.4 is 5.56 Å². The Morgan fingerprint density at radius 1 is 1.56 bits per heavy atom. The molecular formula is C8H8ClF3N2O2. The summed E-state index contributed by atoms with van der Waals surface area (Å²) in [7, 11) is 0. The number of aryl methyl sites for hydroxylation is 1. The molecule has 0 saturated carbocycles. The van der Waals surface area contributed by atoms with Crippen LogP contribution in [0.2, 0.25) is 5.15 Å². The second-order valence-electron chi connectivity index (χ2n) is 2.91. The fourth-order valence-electron chi connectivity index (χ4n) is 1.11. The van der Waals surface area contributed by atoms with Crippen LogP contribution in [-0.4, -0.2) is 22.5 Å². The van der Waals surface area contributed by atoms with E-state index in [1.165, 1.54) is 6.92 Å². The molecule has 0 bridgehead atoms. The summed E-state index contributed by atoms with van der Waals surface area (Å²) in [6.07, 6.45) is -4.70. The van der Waals surface area contributed by atoms with Crippen LogP contribution in [0.4, 0.5) is 13.2 Å². The fourth-order valence-corrected chi connectivity index (χ4v) is 1.33. The van der Waals surface area contributed by atoms with Crippen molar-refractivity contribution in [3.05, 3.63) is 27.4 Å². The van der Waals surface area contributed by atoms with Gasteiger partial charge in [-0.05, 0) is 6.92 Å². The summed E-state index contributed by atoms with van der Waals surface area (Å²) in [5.41, 5.74) is -0.511. The molecule has 0 unspecified atom stereocenters. The first kappa shape index (κ1) is 13.0. The molecule has 0 fully saturated rings. The molecule has 0 aliphatic carbocycles. The standard InChI is InChI=1S/C8H8ClF3N2O2/c1-5-13-6(9)4-7(15)14(5)2-3-16-8(10,11)12/h4H,2-3H2,1H3. The normalized spacial score (nSPS) is 11.8. The van der Waals surface area contributed by atoms with Crippen molar-refractivity contribution in [2.75, 3.05) is 6.61 Å². The van der Waals surface area contributed by atoms with Gasteiger partial charge in [-0.3, -0.25) is 14.1 Å². The molecule has 0 spiro atoms. The third-order valence-corrected chi connectivity index (χ3v) is 1.94. The van der Waals surface area contributed by atoms with Gasteiger partial charge in [-0.1, -0.05) is 11.6 Å². The Kier molecular flexibility index (Phi) is 3.93. The van der Waals surface area contributed by atoms with Gasteiger partial charge in [-0.15, -0.1) is 13.2 Å². The van der Waals surface area contributed by atoms with Crippen LogP contribution in [0.5, 0.6) is 0 Å². The maximum Gasteiger partial charge on any atom is 0.522 e. The summed E-state index contributed by atoms with van der Waals surface area (Å²) in [4.78, 5) is 15.1. The average Bonchev–Trinajstić information content (AvgIpc) is 2.07. The number of hydrogen-bond donors (Lipinski definition) is 0. The Morgan fingerprint density at radius 2 is 2.19 bits per heavy atom. The Balaban J connectivity index is 2.72. The van der Waals surface area contributed by atoms with Crippen molar-refractivity contribution in [1.82, 2.24) is 9.55 Å². The number of rotatable bonds is 3. The molecule has 4 nitrogen and oxygen atoms in total. The predicted octanol–water partition coefficient (Wildman–Crippen LogP) is 1.74. The minimum Gasteiger partial charge on any atom is -0.294 e. The van der Waals surface area contributed by atoms with Gasteiger partial charge in [-0.2, -0.15) is 0 Å². The van der Waals surface area contributed by atoms with Crippen molar-refractivity contribution in [3.63, 3.8) is 0 Å². The molecule has 1 aromatic heterocycles. The Hall–Kier alpha value is -1.08. The number of aromatic nitrogens is 2. The van der Waals surface area contributed by atoms with Crippen LogP contribution in [0.25, 0.3) is 0 Å². The first-order valence-electron chi connectivity index (χ1n) is 4.24. The van der Waals surface area contributed by atoms with Crippen molar-refractivity contribution >= 4 is 11.6 Å². The summed E-state index contributed by atoms with van der Waals surface area (Å²) in [5, 5.41) is 0.00971. The van der Waals surface area contributed by atoms with Gasteiger partial charge in [0.2, 0.25) is 0 Å². The SMILES string of the molecule is Cc1nc(Cl)cc(=O)n1CCOC(F)(F)F. The van der Waals surface area contributed by atoms with Gasteiger partial charge in [0, 0.05) is 6.07 Å². The molecule has 0 N–H and O–H groups in total. The molecule has 1 aromatic rings. The summed E-state index contributed by atoms with van der Waals surface area (Å²) in [5.74, 6) is 0.239. The first-order valence-corrected chi connectivity index (χ1v) is 4.62. The Bertz CT molecular complexity index is 430. The van der Waals surface area contributed by atoms with Gasteiger partial charge in [-0.25, -0.2) is 4.98 Å². The van der Waals surface area contributed by atoms with Crippen molar-refractivity contribution in [2.45, 2.75) is 19.8 Å². The number of halogens is 4. The molecule has 0 radical (unpaired) electrons. The van der Waals surface area contributed by atoms with Crippen molar-refractivity contribution in [1.29, 1.82) is 0 Å². The van der Waals surface area contributed by atoms with Crippen LogP contribution in [0, 0.1) is 6.92 Å². The van der Waals surface area contributed by atoms with E-state index in [1.54, 1.807) is 0 Å². The van der Waals surface area contributed by atoms with Gasteiger partial charge < -0.3 is 0 Å². The topological polar surface area (TPSA) is 44.1 Å². The van der Waals surface area contributed by atoms with E-state index in [4.69, 9.17) is 11.6 Å². The van der Waals surface area contributed by atoms with Crippen LogP contribution in [0.15, 0.2) is 10.9 Å². The van der Waals surface area contributed by atoms with E-state index in [0.29, 0.717) is 0 Å². The second-order valence-corrected chi connectivity index (χ2v) is 3.30. The van der Waals surface area contributed by atoms with Crippen LogP contribution in [-0.2, 0) is 11.3 Å². The van der Waals surface area contributed by atoms with E-state index in [9.17, 15) is 18.0 Å². The van der Waals surface area contributed by atoms with Gasteiger partial charge in [0.25, 0.3) is 5.56 Å². The van der Waals surface area contributed by atoms with E-state index in [0.717, 1.165) is 10.6 Å². The van der Waals surface area contributed by atoms with E-state index in [2.05, 4.69) is 9.72 Å². The molecule has 0 aliphatic heterocycles. The number of alkyl halides is 3. The van der Waals surface area contributed by atoms with Crippen LogP contribution in [0.1, 0.15) is 5.82 Å². The van der Waals surface area contributed by atoms with Crippen molar-refractivity contribution in [3.8, 4) is 0 Å². The highest BCUT2D eigenvalue weighted by atomic mass is 35.5. The lowest BCUT2D eigenvalue weighted by Crippen LogP contribution is -2.26. The fraction of sp³-hybridized carbons (Fsp3) is 0.500. The Morgan fingerprint density at radius 3 is 2.69 bits per heavy atom. The third kappa shape index (κ3) is 3.82. The molecule has 1 heterocycles. The van der Waals surface area contributed by atoms with E-state index < -0.39 is 18.5 Å². The first-order chi connectivity index (χ1) is 7.29. The minimum atomic E-state index is -4.70. The highest BCUT2D eigenvalue weighted by molar-refractivity contribution is 6.29. The average molecular weight is 257 g/mol. The minimum absolute atomic E-state index is 0.00971. The molecule has 16 heavy (non-hydrogen) atoms. The molecule has 0 aliphatic rings. The van der Waals surface area contributed by atoms with E-state index in [1.807, 2.05) is 0 Å². The molecule has 90 valence electrons. The number of nitrogens with zero attached hydrogens (tertiary/aromatic N) is 2. The van der Waals surface area contributed by atoms with Gasteiger partial charge >= 0.3 is 6.36 Å². The molecule has 0 amide bonds. The quantitative estimate of drug-likeness (QED) is 0.774. The van der Waals surface area contributed by atoms with Gasteiger partial charge in [0.05, 0.1) is 13.2 Å². The summed E-state index contributed by atoms with van der Waals surface area (Å²) < 4.78 is 39.6. The van der Waals surface area contributed by atoms with Gasteiger partial charge in [0.15, 0.2) is 0 Å². The van der Waals surface area contributed by atoms with E-state index >= 15 is 0 Å². The third-order valence-electron chi connectivity index (χ3n) is 1.75. The lowest BCUT2D eigenvalue weighted by Gasteiger charge is -2.10. The summed E-state index contributed by atoms with van der Waals surface area (Å²) in [6, 6.07) is 1.03. The monoisotopic (exact) mass is 256 g/mol. The molecule has 0 atom stereocenters. The Labute approximate surface area is 93.6 Å². The second kappa shape index (κ2) is 4.84. The maximum atomic E-state index is 11.7. The van der Waals surface area contributed by atoms with E-state index in [-0.39, 0.29) is 17.5 Å². The number of hydrogen-bond acceptors (Lipinski definition) is 3. The van der Waals surface area contributed by atoms with Crippen LogP contribution in [0.3, 0.4) is 0 Å². The van der Waals surface area contributed by atoms with Crippen LogP contribution >= 0.6 is 11.6 Å².